The molecule has 0 aromatic heterocycles. The number of carbonyl (C=O) groups excluding carboxylic acids is 3. The second kappa shape index (κ2) is 8.67. The van der Waals surface area contributed by atoms with Crippen molar-refractivity contribution in [1.29, 1.82) is 0 Å². The number of nitrogens with zero attached hydrogens (tertiary/aromatic N) is 1. The van der Waals surface area contributed by atoms with Crippen LogP contribution in [0.5, 0.6) is 11.5 Å². The van der Waals surface area contributed by atoms with Crippen LogP contribution in [-0.4, -0.2) is 43.3 Å². The van der Waals surface area contributed by atoms with E-state index in [9.17, 15) is 19.5 Å². The Kier molecular flexibility index (Phi) is 6.33. The molecule has 134 valence electrons. The minimum Gasteiger partial charge on any atom is -0.546 e. The molecule has 2 N–H and O–H groups in total. The van der Waals surface area contributed by atoms with Gasteiger partial charge in [0.05, 0.1) is 18.8 Å². The van der Waals surface area contributed by atoms with Crippen LogP contribution in [0.1, 0.15) is 25.3 Å². The van der Waals surface area contributed by atoms with Crippen LogP contribution < -0.4 is 25.3 Å². The number of hydrogen-bond donors (Lipinski definition) is 2. The molecule has 1 aromatic carbocycles. The van der Waals surface area contributed by atoms with Crippen LogP contribution in [0, 0.1) is 0 Å². The Morgan fingerprint density at radius 3 is 2.64 bits per heavy atom. The lowest BCUT2D eigenvalue weighted by atomic mass is 10.2. The lowest BCUT2D eigenvalue weighted by molar-refractivity contribution is -0.307. The summed E-state index contributed by atoms with van der Waals surface area (Å²) < 4.78 is 10.4. The van der Waals surface area contributed by atoms with Gasteiger partial charge in [0.1, 0.15) is 6.61 Å². The van der Waals surface area contributed by atoms with Crippen molar-refractivity contribution >= 4 is 24.0 Å². The highest BCUT2D eigenvalue weighted by molar-refractivity contribution is 6.35. The Balaban J connectivity index is 1.95. The molecular formula is C16H18N3O6-. The molecule has 9 heteroatoms. The molecule has 2 rings (SSSR count). The van der Waals surface area contributed by atoms with Gasteiger partial charge in [0.2, 0.25) is 0 Å². The molecule has 0 aliphatic heterocycles. The molecule has 0 spiro atoms. The molecule has 25 heavy (non-hydrogen) atoms. The van der Waals surface area contributed by atoms with Crippen molar-refractivity contribution in [2.45, 2.75) is 25.8 Å². The van der Waals surface area contributed by atoms with E-state index >= 15 is 0 Å². The van der Waals surface area contributed by atoms with Crippen LogP contribution in [0.15, 0.2) is 23.3 Å². The summed E-state index contributed by atoms with van der Waals surface area (Å²) in [7, 11) is 0. The van der Waals surface area contributed by atoms with Gasteiger partial charge in [-0.25, -0.2) is 5.43 Å². The van der Waals surface area contributed by atoms with Gasteiger partial charge in [-0.1, -0.05) is 0 Å². The zero-order valence-corrected chi connectivity index (χ0v) is 13.6. The maximum atomic E-state index is 11.5. The van der Waals surface area contributed by atoms with Gasteiger partial charge in [-0.3, -0.25) is 9.59 Å². The van der Waals surface area contributed by atoms with Crippen LogP contribution in [0.25, 0.3) is 0 Å². The van der Waals surface area contributed by atoms with Crippen LogP contribution in [-0.2, 0) is 14.4 Å². The molecule has 1 aliphatic carbocycles. The normalized spacial score (nSPS) is 13.3. The molecular weight excluding hydrogens is 330 g/mol. The van der Waals surface area contributed by atoms with Crippen LogP contribution in [0.4, 0.5) is 0 Å². The maximum absolute atomic E-state index is 11.5. The summed E-state index contributed by atoms with van der Waals surface area (Å²) in [4.78, 5) is 33.5. The van der Waals surface area contributed by atoms with Gasteiger partial charge < -0.3 is 24.7 Å². The Morgan fingerprint density at radius 1 is 1.24 bits per heavy atom. The molecule has 1 aliphatic rings. The van der Waals surface area contributed by atoms with Crippen molar-refractivity contribution in [3.05, 3.63) is 23.8 Å². The Bertz CT molecular complexity index is 684. The Morgan fingerprint density at radius 2 is 2.00 bits per heavy atom. The van der Waals surface area contributed by atoms with E-state index in [2.05, 4.69) is 15.8 Å². The molecule has 1 fully saturated rings. The summed E-state index contributed by atoms with van der Waals surface area (Å²) in [6.07, 6.45) is 3.09. The van der Waals surface area contributed by atoms with E-state index in [0.29, 0.717) is 17.9 Å². The molecule has 1 saturated carbocycles. The first-order valence-corrected chi connectivity index (χ1v) is 7.73. The zero-order valence-electron chi connectivity index (χ0n) is 13.6. The van der Waals surface area contributed by atoms with Crippen LogP contribution in [0.2, 0.25) is 0 Å². The molecule has 9 nitrogen and oxygen atoms in total. The van der Waals surface area contributed by atoms with E-state index in [0.717, 1.165) is 12.8 Å². The fourth-order valence-electron chi connectivity index (χ4n) is 1.82. The van der Waals surface area contributed by atoms with Crippen molar-refractivity contribution in [1.82, 2.24) is 10.7 Å². The molecule has 0 unspecified atom stereocenters. The fraction of sp³-hybridized carbons (Fsp3) is 0.375. The van der Waals surface area contributed by atoms with E-state index in [4.69, 9.17) is 9.47 Å². The van der Waals surface area contributed by atoms with Crippen molar-refractivity contribution in [3.8, 4) is 11.5 Å². The quantitative estimate of drug-likeness (QED) is 0.350. The second-order valence-corrected chi connectivity index (χ2v) is 5.25. The first kappa shape index (κ1) is 18.2. The summed E-state index contributed by atoms with van der Waals surface area (Å²) in [6, 6.07) is 4.75. The topological polar surface area (TPSA) is 129 Å². The Hall–Kier alpha value is -3.10. The van der Waals surface area contributed by atoms with Crippen molar-refractivity contribution < 1.29 is 29.0 Å². The van der Waals surface area contributed by atoms with Gasteiger partial charge in [-0.15, -0.1) is 0 Å². The number of hydrazone groups is 1. The molecule has 0 radical (unpaired) electrons. The third-order valence-electron chi connectivity index (χ3n) is 3.11. The number of carbonyl (C=O) groups is 3. The molecule has 2 amide bonds. The van der Waals surface area contributed by atoms with Crippen molar-refractivity contribution in [2.24, 2.45) is 5.10 Å². The summed E-state index contributed by atoms with van der Waals surface area (Å²) in [6.45, 7) is 1.52. The lowest BCUT2D eigenvalue weighted by Crippen LogP contribution is -2.38. The first-order valence-electron chi connectivity index (χ1n) is 7.73. The monoisotopic (exact) mass is 348 g/mol. The SMILES string of the molecule is CCOc1cc(/C=N\NC(=O)C(=O)NC2CC2)ccc1OCC(=O)[O-]. The molecule has 0 heterocycles. The number of carboxylic acids is 1. The molecule has 1 aromatic rings. The number of hydrogen-bond acceptors (Lipinski definition) is 7. The van der Waals surface area contributed by atoms with Crippen LogP contribution >= 0.6 is 0 Å². The molecule has 0 atom stereocenters. The Labute approximate surface area is 144 Å². The van der Waals surface area contributed by atoms with E-state index in [1.54, 1.807) is 19.1 Å². The van der Waals surface area contributed by atoms with E-state index < -0.39 is 24.4 Å². The van der Waals surface area contributed by atoms with Crippen molar-refractivity contribution in [3.63, 3.8) is 0 Å². The highest BCUT2D eigenvalue weighted by Gasteiger charge is 2.26. The number of benzene rings is 1. The average molecular weight is 348 g/mol. The number of amides is 2. The van der Waals surface area contributed by atoms with E-state index in [1.807, 2.05) is 0 Å². The third kappa shape index (κ3) is 6.13. The summed E-state index contributed by atoms with van der Waals surface area (Å²) in [5.74, 6) is -2.34. The zero-order chi connectivity index (χ0) is 18.2. The minimum atomic E-state index is -1.35. The van der Waals surface area contributed by atoms with Gasteiger partial charge in [-0.05, 0) is 43.5 Å². The predicted octanol–water partition coefficient (Wildman–Crippen LogP) is -1.06. The van der Waals surface area contributed by atoms with E-state index in [-0.39, 0.29) is 11.8 Å². The fourth-order valence-corrected chi connectivity index (χ4v) is 1.82. The summed E-state index contributed by atoms with van der Waals surface area (Å²) in [5.41, 5.74) is 2.69. The largest absolute Gasteiger partial charge is 0.546 e. The van der Waals surface area contributed by atoms with Gasteiger partial charge >= 0.3 is 11.8 Å². The van der Waals surface area contributed by atoms with Crippen molar-refractivity contribution in [2.75, 3.05) is 13.2 Å². The molecule has 0 saturated heterocycles. The van der Waals surface area contributed by atoms with Gasteiger partial charge in [0.15, 0.2) is 11.5 Å². The number of carboxylic acid groups (broad SMARTS) is 1. The minimum absolute atomic E-state index is 0.0875. The highest BCUT2D eigenvalue weighted by Crippen LogP contribution is 2.28. The van der Waals surface area contributed by atoms with Gasteiger partial charge in [-0.2, -0.15) is 5.10 Å². The van der Waals surface area contributed by atoms with Gasteiger partial charge in [0.25, 0.3) is 0 Å². The number of nitrogens with one attached hydrogen (secondary N) is 2. The summed E-state index contributed by atoms with van der Waals surface area (Å²) in [5, 5.41) is 16.7. The van der Waals surface area contributed by atoms with Crippen LogP contribution in [0.3, 0.4) is 0 Å². The molecule has 0 bridgehead atoms. The standard InChI is InChI=1S/C16H19N3O6/c1-2-24-13-7-10(3-6-12(13)25-9-14(20)21)8-17-19-16(23)15(22)18-11-4-5-11/h3,6-8,11H,2,4-5,9H2,1H3,(H,18,22)(H,19,23)(H,20,21)/p-1/b17-8-. The van der Waals surface area contributed by atoms with Gasteiger partial charge in [0, 0.05) is 6.04 Å². The third-order valence-corrected chi connectivity index (χ3v) is 3.11. The number of rotatable bonds is 8. The number of ether oxygens (including phenoxy) is 2. The average Bonchev–Trinajstić information content (AvgIpc) is 3.38. The summed E-state index contributed by atoms with van der Waals surface area (Å²) >= 11 is 0. The number of aliphatic carboxylic acids is 1. The second-order valence-electron chi connectivity index (χ2n) is 5.25. The van der Waals surface area contributed by atoms with E-state index in [1.165, 1.54) is 12.3 Å². The predicted molar refractivity (Wildman–Crippen MR) is 85.0 cm³/mol. The lowest BCUT2D eigenvalue weighted by Gasteiger charge is -2.12. The smallest absolute Gasteiger partial charge is 0.329 e. The first-order chi connectivity index (χ1) is 12.0. The maximum Gasteiger partial charge on any atom is 0.329 e. The highest BCUT2D eigenvalue weighted by atomic mass is 16.5.